The van der Waals surface area contributed by atoms with E-state index in [0.29, 0.717) is 11.1 Å². The van der Waals surface area contributed by atoms with E-state index in [0.717, 1.165) is 0 Å². The Balaban J connectivity index is 2.04. The molecule has 0 spiro atoms. The third-order valence-electron chi connectivity index (χ3n) is 3.68. The molecule has 0 unspecified atom stereocenters. The van der Waals surface area contributed by atoms with E-state index in [1.165, 1.54) is 38.5 Å². The molecule has 27 heavy (non-hydrogen) atoms. The SMILES string of the molecule is COC1=CC(=CC=C(O)C=C(O)CC=C2C=CC(=O)C(OC)=C2)C=CC1=O. The van der Waals surface area contributed by atoms with Crippen molar-refractivity contribution in [3.8, 4) is 0 Å². The zero-order chi connectivity index (χ0) is 19.8. The summed E-state index contributed by atoms with van der Waals surface area (Å²) >= 11 is 0. The lowest BCUT2D eigenvalue weighted by Gasteiger charge is -2.07. The molecule has 0 aromatic carbocycles. The Morgan fingerprint density at radius 1 is 0.926 bits per heavy atom. The van der Waals surface area contributed by atoms with Gasteiger partial charge in [0.15, 0.2) is 11.5 Å². The average Bonchev–Trinajstić information content (AvgIpc) is 2.66. The van der Waals surface area contributed by atoms with Crippen molar-refractivity contribution < 1.29 is 29.3 Å². The summed E-state index contributed by atoms with van der Waals surface area (Å²) in [6, 6.07) is 0. The molecule has 2 aliphatic carbocycles. The highest BCUT2D eigenvalue weighted by molar-refractivity contribution is 6.05. The van der Waals surface area contributed by atoms with Gasteiger partial charge in [-0.1, -0.05) is 24.3 Å². The van der Waals surface area contributed by atoms with E-state index >= 15 is 0 Å². The van der Waals surface area contributed by atoms with Gasteiger partial charge in [0.2, 0.25) is 11.6 Å². The monoisotopic (exact) mass is 368 g/mol. The first kappa shape index (κ1) is 19.8. The fourth-order valence-electron chi connectivity index (χ4n) is 2.28. The summed E-state index contributed by atoms with van der Waals surface area (Å²) < 4.78 is 9.92. The molecule has 0 saturated carbocycles. The van der Waals surface area contributed by atoms with Crippen LogP contribution in [0.1, 0.15) is 6.42 Å². The number of aliphatic hydroxyl groups excluding tert-OH is 2. The van der Waals surface area contributed by atoms with Gasteiger partial charge in [-0.05, 0) is 41.5 Å². The van der Waals surface area contributed by atoms with E-state index in [1.807, 2.05) is 0 Å². The first-order chi connectivity index (χ1) is 12.9. The van der Waals surface area contributed by atoms with Crippen LogP contribution in [0.15, 0.2) is 94.9 Å². The molecule has 0 aromatic rings. The molecule has 140 valence electrons. The zero-order valence-corrected chi connectivity index (χ0v) is 15.0. The lowest BCUT2D eigenvalue weighted by molar-refractivity contribution is -0.114. The molecule has 6 heteroatoms. The summed E-state index contributed by atoms with van der Waals surface area (Å²) in [6.45, 7) is 0. The van der Waals surface area contributed by atoms with Gasteiger partial charge in [0.1, 0.15) is 5.76 Å². The maximum atomic E-state index is 11.5. The van der Waals surface area contributed by atoms with E-state index in [9.17, 15) is 19.8 Å². The van der Waals surface area contributed by atoms with Gasteiger partial charge in [-0.15, -0.1) is 0 Å². The average molecular weight is 368 g/mol. The molecule has 0 saturated heterocycles. The lowest BCUT2D eigenvalue weighted by Crippen LogP contribution is -2.04. The molecular formula is C21H20O6. The molecule has 0 fully saturated rings. The molecule has 0 heterocycles. The second kappa shape index (κ2) is 9.24. The van der Waals surface area contributed by atoms with Crippen molar-refractivity contribution in [2.75, 3.05) is 14.2 Å². The summed E-state index contributed by atoms with van der Waals surface area (Å²) in [6.07, 6.45) is 15.2. The minimum absolute atomic E-state index is 0.0604. The number of methoxy groups -OCH3 is 2. The first-order valence-electron chi connectivity index (χ1n) is 8.09. The standard InChI is InChI=1S/C21H20O6/c1-26-20-11-14(5-9-18(20)24)3-7-16(22)13-17(23)8-4-15-6-10-19(25)21(12-15)27-2/h3-7,9-13,22-23H,8H2,1-2H3. The minimum atomic E-state index is -0.224. The Kier molecular flexibility index (Phi) is 6.77. The first-order valence-corrected chi connectivity index (χ1v) is 8.09. The largest absolute Gasteiger partial charge is 0.512 e. The topological polar surface area (TPSA) is 93.1 Å². The normalized spacial score (nSPS) is 20.8. The van der Waals surface area contributed by atoms with Crippen LogP contribution in [0.2, 0.25) is 0 Å². The van der Waals surface area contributed by atoms with Crippen LogP contribution in [0.4, 0.5) is 0 Å². The number of hydrogen-bond donors (Lipinski definition) is 2. The highest BCUT2D eigenvalue weighted by Gasteiger charge is 2.11. The van der Waals surface area contributed by atoms with Gasteiger partial charge in [0.25, 0.3) is 0 Å². The summed E-state index contributed by atoms with van der Waals surface area (Å²) in [4.78, 5) is 22.9. The Morgan fingerprint density at radius 3 is 2.07 bits per heavy atom. The fraction of sp³-hybridized carbons (Fsp3) is 0.143. The number of aliphatic hydroxyl groups is 2. The van der Waals surface area contributed by atoms with Gasteiger partial charge >= 0.3 is 0 Å². The van der Waals surface area contributed by atoms with E-state index in [1.54, 1.807) is 36.5 Å². The Labute approximate surface area is 157 Å². The number of rotatable bonds is 6. The number of carbonyl (C=O) groups is 2. The van der Waals surface area contributed by atoms with Crippen LogP contribution in [0.25, 0.3) is 0 Å². The van der Waals surface area contributed by atoms with Gasteiger partial charge < -0.3 is 19.7 Å². The number of hydrogen-bond acceptors (Lipinski definition) is 6. The van der Waals surface area contributed by atoms with E-state index in [2.05, 4.69) is 0 Å². The third-order valence-corrected chi connectivity index (χ3v) is 3.68. The van der Waals surface area contributed by atoms with Crippen LogP contribution >= 0.6 is 0 Å². The molecular weight excluding hydrogens is 348 g/mol. The van der Waals surface area contributed by atoms with Crippen LogP contribution in [0.3, 0.4) is 0 Å². The van der Waals surface area contributed by atoms with Crippen LogP contribution < -0.4 is 0 Å². The highest BCUT2D eigenvalue weighted by Crippen LogP contribution is 2.16. The van der Waals surface area contributed by atoms with E-state index < -0.39 is 0 Å². The molecule has 2 rings (SSSR count). The van der Waals surface area contributed by atoms with Crippen molar-refractivity contribution in [2.24, 2.45) is 0 Å². The quantitative estimate of drug-likeness (QED) is 0.551. The predicted octanol–water partition coefficient (Wildman–Crippen LogP) is 3.45. The Morgan fingerprint density at radius 2 is 1.48 bits per heavy atom. The van der Waals surface area contributed by atoms with E-state index in [4.69, 9.17) is 9.47 Å². The van der Waals surface area contributed by atoms with Gasteiger partial charge in [-0.2, -0.15) is 0 Å². The Hall–Kier alpha value is -3.54. The molecule has 0 amide bonds. The molecule has 0 radical (unpaired) electrons. The van der Waals surface area contributed by atoms with Crippen molar-refractivity contribution >= 4 is 11.6 Å². The van der Waals surface area contributed by atoms with Crippen molar-refractivity contribution in [1.29, 1.82) is 0 Å². The highest BCUT2D eigenvalue weighted by atomic mass is 16.5. The smallest absolute Gasteiger partial charge is 0.220 e. The molecule has 0 bridgehead atoms. The van der Waals surface area contributed by atoms with Crippen LogP contribution in [0, 0.1) is 0 Å². The number of carbonyl (C=O) groups excluding carboxylic acids is 2. The van der Waals surface area contributed by atoms with Crippen LogP contribution in [-0.2, 0) is 19.1 Å². The molecule has 0 atom stereocenters. The Bertz CT molecular complexity index is 872. The number of allylic oxidation sites excluding steroid dienone is 12. The summed E-state index contributed by atoms with van der Waals surface area (Å²) in [7, 11) is 2.82. The second-order valence-electron chi connectivity index (χ2n) is 5.62. The summed E-state index contributed by atoms with van der Waals surface area (Å²) in [5, 5.41) is 19.8. The predicted molar refractivity (Wildman–Crippen MR) is 101 cm³/mol. The maximum absolute atomic E-state index is 11.5. The van der Waals surface area contributed by atoms with Gasteiger partial charge in [0, 0.05) is 12.5 Å². The van der Waals surface area contributed by atoms with Crippen LogP contribution in [-0.4, -0.2) is 36.0 Å². The van der Waals surface area contributed by atoms with Gasteiger partial charge in [-0.3, -0.25) is 9.59 Å². The third kappa shape index (κ3) is 5.74. The van der Waals surface area contributed by atoms with Gasteiger partial charge in [0.05, 0.1) is 20.0 Å². The molecule has 2 aliphatic rings. The van der Waals surface area contributed by atoms with E-state index in [-0.39, 0.29) is 41.0 Å². The van der Waals surface area contributed by atoms with Gasteiger partial charge in [-0.25, -0.2) is 0 Å². The number of ether oxygens (including phenoxy) is 2. The molecule has 2 N–H and O–H groups in total. The van der Waals surface area contributed by atoms with Crippen molar-refractivity contribution in [1.82, 2.24) is 0 Å². The lowest BCUT2D eigenvalue weighted by atomic mass is 10.1. The van der Waals surface area contributed by atoms with Crippen LogP contribution in [0.5, 0.6) is 0 Å². The zero-order valence-electron chi connectivity index (χ0n) is 15.0. The second-order valence-corrected chi connectivity index (χ2v) is 5.62. The summed E-state index contributed by atoms with van der Waals surface area (Å²) in [5.74, 6) is -0.216. The molecule has 0 aromatic heterocycles. The summed E-state index contributed by atoms with van der Waals surface area (Å²) in [5.41, 5.74) is 1.38. The molecule has 0 aliphatic heterocycles. The van der Waals surface area contributed by atoms with Crippen molar-refractivity contribution in [2.45, 2.75) is 6.42 Å². The van der Waals surface area contributed by atoms with Crippen molar-refractivity contribution in [3.63, 3.8) is 0 Å². The number of ketones is 2. The maximum Gasteiger partial charge on any atom is 0.220 e. The van der Waals surface area contributed by atoms with Crippen molar-refractivity contribution in [3.05, 3.63) is 94.9 Å². The molecule has 6 nitrogen and oxygen atoms in total. The fourth-order valence-corrected chi connectivity index (χ4v) is 2.28. The minimum Gasteiger partial charge on any atom is -0.512 e.